The molecule has 2 aromatic carbocycles. The summed E-state index contributed by atoms with van der Waals surface area (Å²) in [5.41, 5.74) is 5.15. The van der Waals surface area contributed by atoms with E-state index in [4.69, 9.17) is 9.73 Å². The molecule has 0 saturated heterocycles. The SMILES string of the molecule is COc1ccc(N=C2N(C(C)C)C(NC(C)C)=[N+](c3ccc(C(C)(C)C)cc3)[B-]2(C2CCCCC2)C2CCCCC2)cc1. The number of benzene rings is 2. The fourth-order valence-electron chi connectivity index (χ4n) is 8.62. The number of nitrogens with one attached hydrogen (secondary N) is 1. The quantitative estimate of drug-likeness (QED) is 0.330. The minimum absolute atomic E-state index is 0.117. The molecular formula is C37H57BN4O. The Balaban J connectivity index is 1.84. The van der Waals surface area contributed by atoms with Crippen molar-refractivity contribution in [2.75, 3.05) is 7.11 Å². The standard InChI is InChI=1S/C37H57BN4O/c1-27(2)39-36-41(28(3)4)35(40-32-21-25-34(43-8)26-22-32)38(30-15-11-9-12-16-30,31-17-13-10-14-18-31)42(36)33-23-19-29(20-24-33)37(5,6)7/h19-28,30-31,39H,9-18H2,1-8H3. The molecular weight excluding hydrogens is 527 g/mol. The molecule has 0 radical (unpaired) electrons. The van der Waals surface area contributed by atoms with Crippen LogP contribution in [0.4, 0.5) is 11.4 Å². The summed E-state index contributed by atoms with van der Waals surface area (Å²) in [6, 6.07) is 18.6. The highest BCUT2D eigenvalue weighted by Crippen LogP contribution is 2.54. The van der Waals surface area contributed by atoms with Crippen molar-refractivity contribution in [2.24, 2.45) is 4.99 Å². The van der Waals surface area contributed by atoms with Gasteiger partial charge in [-0.15, -0.1) is 11.6 Å². The van der Waals surface area contributed by atoms with Gasteiger partial charge < -0.3 is 9.22 Å². The Morgan fingerprint density at radius 2 is 1.35 bits per heavy atom. The maximum Gasteiger partial charge on any atom is 0.311 e. The van der Waals surface area contributed by atoms with Gasteiger partial charge in [-0.05, 0) is 75.1 Å². The first-order valence-corrected chi connectivity index (χ1v) is 17.3. The van der Waals surface area contributed by atoms with Gasteiger partial charge in [0.15, 0.2) is 0 Å². The summed E-state index contributed by atoms with van der Waals surface area (Å²) >= 11 is 0. The van der Waals surface area contributed by atoms with E-state index in [-0.39, 0.29) is 11.5 Å². The molecule has 2 aromatic rings. The van der Waals surface area contributed by atoms with Crippen molar-refractivity contribution in [1.29, 1.82) is 0 Å². The number of rotatable bonds is 7. The number of methoxy groups -OCH3 is 1. The first-order valence-electron chi connectivity index (χ1n) is 17.3. The van der Waals surface area contributed by atoms with Crippen LogP contribution in [0, 0.1) is 0 Å². The highest BCUT2D eigenvalue weighted by atomic mass is 16.5. The Kier molecular flexibility index (Phi) is 9.63. The van der Waals surface area contributed by atoms with Crippen LogP contribution in [0.3, 0.4) is 0 Å². The predicted octanol–water partition coefficient (Wildman–Crippen LogP) is 9.60. The fourth-order valence-corrected chi connectivity index (χ4v) is 8.62. The summed E-state index contributed by atoms with van der Waals surface area (Å²) in [6.45, 7) is 16.2. The average molecular weight is 585 g/mol. The smallest absolute Gasteiger partial charge is 0.311 e. The van der Waals surface area contributed by atoms with Gasteiger partial charge in [0.25, 0.3) is 0 Å². The van der Waals surface area contributed by atoms with Crippen LogP contribution in [0.1, 0.15) is 118 Å². The van der Waals surface area contributed by atoms with E-state index in [0.717, 1.165) is 11.4 Å². The Bertz CT molecular complexity index is 1260. The molecule has 2 aliphatic carbocycles. The number of nitrogens with zero attached hydrogens (tertiary/aromatic N) is 3. The van der Waals surface area contributed by atoms with Crippen LogP contribution < -0.4 is 10.1 Å². The Morgan fingerprint density at radius 3 is 1.79 bits per heavy atom. The zero-order valence-electron chi connectivity index (χ0n) is 28.3. The lowest BCUT2D eigenvalue weighted by Gasteiger charge is -2.52. The van der Waals surface area contributed by atoms with Crippen molar-refractivity contribution in [3.05, 3.63) is 54.1 Å². The van der Waals surface area contributed by atoms with Crippen LogP contribution in [0.25, 0.3) is 0 Å². The Morgan fingerprint density at radius 1 is 0.814 bits per heavy atom. The highest BCUT2D eigenvalue weighted by molar-refractivity contribution is 7.05. The van der Waals surface area contributed by atoms with Crippen LogP contribution in [0.5, 0.6) is 5.75 Å². The highest BCUT2D eigenvalue weighted by Gasteiger charge is 2.59. The number of guanidine groups is 1. The molecule has 0 spiro atoms. The molecule has 0 aromatic heterocycles. The van der Waals surface area contributed by atoms with Crippen LogP contribution in [0.2, 0.25) is 11.6 Å². The third-order valence-corrected chi connectivity index (χ3v) is 10.5. The van der Waals surface area contributed by atoms with Gasteiger partial charge in [-0.25, -0.2) is 0 Å². The molecule has 0 unspecified atom stereocenters. The van der Waals surface area contributed by atoms with Gasteiger partial charge >= 0.3 is 5.96 Å². The summed E-state index contributed by atoms with van der Waals surface area (Å²) < 4.78 is 8.36. The molecule has 3 aliphatic rings. The molecule has 43 heavy (non-hydrogen) atoms. The molecule has 234 valence electrons. The van der Waals surface area contributed by atoms with Gasteiger partial charge in [0.2, 0.25) is 6.28 Å². The zero-order valence-corrected chi connectivity index (χ0v) is 28.3. The summed E-state index contributed by atoms with van der Waals surface area (Å²) in [7, 11) is 1.74. The molecule has 5 nitrogen and oxygen atoms in total. The van der Waals surface area contributed by atoms with Gasteiger partial charge in [0.1, 0.15) is 5.75 Å². The van der Waals surface area contributed by atoms with E-state index < -0.39 is 6.28 Å². The summed E-state index contributed by atoms with van der Waals surface area (Å²) in [5, 5.41) is 4.02. The van der Waals surface area contributed by atoms with E-state index in [1.165, 1.54) is 87.2 Å². The lowest BCUT2D eigenvalue weighted by atomic mass is 9.18. The molecule has 1 heterocycles. The number of hydrogen-bond donors (Lipinski definition) is 1. The van der Waals surface area contributed by atoms with Crippen molar-refractivity contribution < 1.29 is 9.22 Å². The van der Waals surface area contributed by atoms with Crippen LogP contribution >= 0.6 is 0 Å². The summed E-state index contributed by atoms with van der Waals surface area (Å²) in [6.07, 6.45) is 11.9. The van der Waals surface area contributed by atoms with E-state index in [1.807, 2.05) is 0 Å². The lowest BCUT2D eigenvalue weighted by molar-refractivity contribution is -0.305. The van der Waals surface area contributed by atoms with Gasteiger partial charge in [-0.3, -0.25) is 15.2 Å². The molecule has 1 N–H and O–H groups in total. The van der Waals surface area contributed by atoms with Gasteiger partial charge in [-0.1, -0.05) is 97.1 Å². The molecule has 0 atom stereocenters. The minimum atomic E-state index is -1.23. The molecule has 1 aliphatic heterocycles. The third kappa shape index (κ3) is 6.26. The van der Waals surface area contributed by atoms with Crippen molar-refractivity contribution in [3.8, 4) is 5.75 Å². The predicted molar refractivity (Wildman–Crippen MR) is 185 cm³/mol. The minimum Gasteiger partial charge on any atom is -0.497 e. The molecule has 5 rings (SSSR count). The van der Waals surface area contributed by atoms with Crippen molar-refractivity contribution in [1.82, 2.24) is 10.2 Å². The topological polar surface area (TPSA) is 39.9 Å². The maximum absolute atomic E-state index is 5.74. The monoisotopic (exact) mass is 584 g/mol. The largest absolute Gasteiger partial charge is 0.497 e. The molecule has 6 heteroatoms. The molecule has 2 saturated carbocycles. The molecule has 0 bridgehead atoms. The van der Waals surface area contributed by atoms with E-state index in [0.29, 0.717) is 17.7 Å². The van der Waals surface area contributed by atoms with Crippen LogP contribution in [0.15, 0.2) is 53.5 Å². The van der Waals surface area contributed by atoms with E-state index in [2.05, 4.69) is 112 Å². The molecule has 0 amide bonds. The number of hydrogen-bond acceptors (Lipinski definition) is 3. The second-order valence-corrected chi connectivity index (χ2v) is 15.2. The van der Waals surface area contributed by atoms with Crippen LogP contribution in [-0.2, 0) is 5.41 Å². The second kappa shape index (κ2) is 13.1. The number of amidine groups is 1. The maximum atomic E-state index is 5.74. The first-order chi connectivity index (χ1) is 20.6. The van der Waals surface area contributed by atoms with E-state index >= 15 is 0 Å². The second-order valence-electron chi connectivity index (χ2n) is 15.2. The normalized spacial score (nSPS) is 21.3. The van der Waals surface area contributed by atoms with Crippen molar-refractivity contribution >= 4 is 29.4 Å². The number of ether oxygens (including phenoxy) is 1. The zero-order chi connectivity index (χ0) is 30.8. The first kappa shape index (κ1) is 31.7. The third-order valence-electron chi connectivity index (χ3n) is 10.5. The van der Waals surface area contributed by atoms with Gasteiger partial charge in [0.05, 0.1) is 30.6 Å². The van der Waals surface area contributed by atoms with Gasteiger partial charge in [-0.2, -0.15) is 0 Å². The number of aliphatic imine (C=N–C) groups is 1. The Hall–Kier alpha value is -2.76. The van der Waals surface area contributed by atoms with Crippen LogP contribution in [-0.4, -0.2) is 46.6 Å². The van der Waals surface area contributed by atoms with Crippen molar-refractivity contribution in [3.63, 3.8) is 0 Å². The summed E-state index contributed by atoms with van der Waals surface area (Å²) in [4.78, 5) is 8.34. The fraction of sp³-hybridized carbons (Fsp3) is 0.622. The van der Waals surface area contributed by atoms with E-state index in [9.17, 15) is 0 Å². The molecule has 2 fully saturated rings. The van der Waals surface area contributed by atoms with Gasteiger partial charge in [0, 0.05) is 5.73 Å². The van der Waals surface area contributed by atoms with E-state index in [1.54, 1.807) is 7.11 Å². The van der Waals surface area contributed by atoms with Crippen molar-refractivity contribution in [2.45, 2.75) is 142 Å². The Labute approximate surface area is 262 Å². The summed E-state index contributed by atoms with van der Waals surface area (Å²) in [5.74, 6) is 3.31. The average Bonchev–Trinajstić information content (AvgIpc) is 3.27. The lowest BCUT2D eigenvalue weighted by Crippen LogP contribution is -2.60.